The van der Waals surface area contributed by atoms with E-state index < -0.39 is 47.2 Å². The quantitative estimate of drug-likeness (QED) is 0.521. The minimum atomic E-state index is -3.03. The monoisotopic (exact) mass is 388 g/mol. The maximum atomic E-state index is 13.1. The third-order valence-corrected chi connectivity index (χ3v) is 8.00. The lowest BCUT2D eigenvalue weighted by Gasteiger charge is -2.57. The number of ketones is 2. The summed E-state index contributed by atoms with van der Waals surface area (Å²) in [7, 11) is 0. The maximum Gasteiger partial charge on any atom is 0.303 e. The Bertz CT molecular complexity index is 1070. The van der Waals surface area contributed by atoms with E-state index >= 15 is 0 Å². The molecule has 0 aliphatic heterocycles. The Morgan fingerprint density at radius 1 is 1.36 bits per heavy atom. The molecule has 4 rings (SSSR count). The fourth-order valence-corrected chi connectivity index (χ4v) is 6.61. The predicted octanol–water partition coefficient (Wildman–Crippen LogP) is 4.35. The van der Waals surface area contributed by atoms with Gasteiger partial charge in [-0.1, -0.05) is 32.6 Å². The number of carbonyl (C=O) groups excluding carboxylic acids is 3. The lowest BCUT2D eigenvalue weighted by molar-refractivity contribution is -0.179. The Morgan fingerprint density at radius 3 is 2.79 bits per heavy atom. The van der Waals surface area contributed by atoms with Gasteiger partial charge in [0.25, 0.3) is 0 Å². The molecule has 6 atom stereocenters. The van der Waals surface area contributed by atoms with Gasteiger partial charge in [-0.05, 0) is 73.0 Å². The molecule has 0 N–H and O–H groups in total. The van der Waals surface area contributed by atoms with Crippen molar-refractivity contribution in [3.05, 3.63) is 35.9 Å². The number of fused-ring (bicyclic) bond motifs is 5. The van der Waals surface area contributed by atoms with Gasteiger partial charge in [0.2, 0.25) is 0 Å². The van der Waals surface area contributed by atoms with E-state index in [4.69, 9.17) is 13.0 Å². The lowest BCUT2D eigenvalue weighted by atomic mass is 9.48. The largest absolute Gasteiger partial charge is 0.446 e. The third kappa shape index (κ3) is 2.26. The summed E-state index contributed by atoms with van der Waals surface area (Å²) in [5.41, 5.74) is -2.56. The normalized spacial score (nSPS) is 50.0. The average Bonchev–Trinajstić information content (AvgIpc) is 2.91. The van der Waals surface area contributed by atoms with E-state index in [9.17, 15) is 14.4 Å². The second kappa shape index (κ2) is 6.01. The van der Waals surface area contributed by atoms with Crippen LogP contribution in [0.25, 0.3) is 0 Å². The number of hydrogen-bond acceptors (Lipinski definition) is 4. The highest BCUT2D eigenvalue weighted by Crippen LogP contribution is 2.68. The SMILES string of the molecule is [2H]C1=C[C@@H]2[C@H](CC[C@@]3(C)[C@H]2CC(=C)[C@]3(OC(=O)C([2H])([2H])[2H])C(C)=O)[C@@]2(C)CC([2H])([2H])C(=O)C=C12. The van der Waals surface area contributed by atoms with Crippen molar-refractivity contribution in [3.63, 3.8) is 0 Å². The van der Waals surface area contributed by atoms with Crippen LogP contribution in [0, 0.1) is 28.6 Å². The summed E-state index contributed by atoms with van der Waals surface area (Å²) in [4.78, 5) is 37.9. The highest BCUT2D eigenvalue weighted by atomic mass is 16.6. The molecule has 0 aromatic heterocycles. The topological polar surface area (TPSA) is 60.4 Å². The summed E-state index contributed by atoms with van der Waals surface area (Å²) >= 11 is 0. The van der Waals surface area contributed by atoms with Crippen LogP contribution in [0.2, 0.25) is 0 Å². The highest BCUT2D eigenvalue weighted by Gasteiger charge is 2.69. The van der Waals surface area contributed by atoms with E-state index in [0.29, 0.717) is 30.4 Å². The van der Waals surface area contributed by atoms with Gasteiger partial charge in [0.1, 0.15) is 0 Å². The molecule has 0 aromatic rings. The molecule has 0 amide bonds. The molecule has 4 aliphatic rings. The molecule has 4 nitrogen and oxygen atoms in total. The molecule has 2 saturated carbocycles. The van der Waals surface area contributed by atoms with E-state index in [1.165, 1.54) is 13.0 Å². The van der Waals surface area contributed by atoms with Gasteiger partial charge in [0.05, 0.1) is 1.37 Å². The molecule has 150 valence electrons. The predicted molar refractivity (Wildman–Crippen MR) is 106 cm³/mol. The van der Waals surface area contributed by atoms with Crippen LogP contribution >= 0.6 is 0 Å². The fraction of sp³-hybridized carbons (Fsp3) is 0.625. The molecular weight excluding hydrogens is 352 g/mol. The van der Waals surface area contributed by atoms with Crippen LogP contribution in [-0.4, -0.2) is 23.1 Å². The Hall–Kier alpha value is -1.97. The maximum absolute atomic E-state index is 13.1. The molecule has 0 aromatic carbocycles. The molecule has 0 unspecified atom stereocenters. The first-order chi connectivity index (χ1) is 15.4. The molecule has 28 heavy (non-hydrogen) atoms. The van der Waals surface area contributed by atoms with Crippen LogP contribution < -0.4 is 0 Å². The van der Waals surface area contributed by atoms with Crippen molar-refractivity contribution < 1.29 is 27.3 Å². The molecule has 2 fully saturated rings. The highest BCUT2D eigenvalue weighted by molar-refractivity contribution is 5.93. The first kappa shape index (κ1) is 13.3. The van der Waals surface area contributed by atoms with Crippen molar-refractivity contribution in [1.82, 2.24) is 0 Å². The average molecular weight is 389 g/mol. The van der Waals surface area contributed by atoms with Crippen molar-refractivity contribution in [1.29, 1.82) is 0 Å². The number of ether oxygens (including phenoxy) is 1. The van der Waals surface area contributed by atoms with Crippen LogP contribution in [0.15, 0.2) is 35.9 Å². The smallest absolute Gasteiger partial charge is 0.303 e. The van der Waals surface area contributed by atoms with E-state index in [2.05, 4.69) is 6.58 Å². The number of hydrogen-bond donors (Lipinski definition) is 0. The van der Waals surface area contributed by atoms with Gasteiger partial charge in [-0.25, -0.2) is 0 Å². The molecule has 4 aliphatic carbocycles. The zero-order valence-electron chi connectivity index (χ0n) is 22.6. The van der Waals surface area contributed by atoms with Gasteiger partial charge in [-0.2, -0.15) is 0 Å². The fourth-order valence-electron chi connectivity index (χ4n) is 6.61. The van der Waals surface area contributed by atoms with Crippen molar-refractivity contribution in [3.8, 4) is 0 Å². The summed E-state index contributed by atoms with van der Waals surface area (Å²) in [6.07, 6.45) is 2.27. The number of Topliss-reactive ketones (excluding diaryl/α,β-unsaturated/α-hetero) is 1. The Labute approximate surface area is 175 Å². The third-order valence-electron chi connectivity index (χ3n) is 8.00. The van der Waals surface area contributed by atoms with Gasteiger partial charge >= 0.3 is 5.97 Å². The molecule has 0 spiro atoms. The minimum Gasteiger partial charge on any atom is -0.446 e. The van der Waals surface area contributed by atoms with Gasteiger partial charge in [0, 0.05) is 25.5 Å². The van der Waals surface area contributed by atoms with Crippen LogP contribution in [0.3, 0.4) is 0 Å². The molecule has 0 radical (unpaired) electrons. The van der Waals surface area contributed by atoms with Gasteiger partial charge < -0.3 is 4.74 Å². The Morgan fingerprint density at radius 2 is 2.11 bits per heavy atom. The van der Waals surface area contributed by atoms with Gasteiger partial charge in [-0.3, -0.25) is 14.4 Å². The Kier molecular flexibility index (Phi) is 2.85. The lowest BCUT2D eigenvalue weighted by Crippen LogP contribution is -2.58. The van der Waals surface area contributed by atoms with Gasteiger partial charge in [0.15, 0.2) is 17.2 Å². The van der Waals surface area contributed by atoms with Crippen LogP contribution in [0.1, 0.15) is 67.9 Å². The zero-order valence-corrected chi connectivity index (χ0v) is 16.6. The summed E-state index contributed by atoms with van der Waals surface area (Å²) in [5.74, 6) is -3.15. The number of allylic oxidation sites excluding steroid dienone is 4. The molecule has 0 bridgehead atoms. The second-order valence-corrected chi connectivity index (χ2v) is 9.19. The summed E-state index contributed by atoms with van der Waals surface area (Å²) in [5, 5.41) is 0. The summed E-state index contributed by atoms with van der Waals surface area (Å²) in [6.45, 7) is 6.05. The summed E-state index contributed by atoms with van der Waals surface area (Å²) < 4.78 is 53.1. The first-order valence-electron chi connectivity index (χ1n) is 12.8. The first-order valence-corrected chi connectivity index (χ1v) is 9.80. The van der Waals surface area contributed by atoms with E-state index in [1.54, 1.807) is 6.08 Å². The van der Waals surface area contributed by atoms with Crippen molar-refractivity contribution in [2.24, 2.45) is 28.6 Å². The molecule has 0 saturated heterocycles. The minimum absolute atomic E-state index is 0.0294. The van der Waals surface area contributed by atoms with Crippen LogP contribution in [0.4, 0.5) is 0 Å². The number of carbonyl (C=O) groups is 3. The molecular formula is C24H30O4. The number of rotatable bonds is 2. The molecule has 4 heteroatoms. The van der Waals surface area contributed by atoms with Crippen molar-refractivity contribution >= 4 is 17.5 Å². The van der Waals surface area contributed by atoms with Gasteiger partial charge in [-0.15, -0.1) is 0 Å². The van der Waals surface area contributed by atoms with Crippen molar-refractivity contribution in [2.75, 3.05) is 0 Å². The second-order valence-electron chi connectivity index (χ2n) is 9.19. The molecule has 0 heterocycles. The van der Waals surface area contributed by atoms with Crippen molar-refractivity contribution in [2.45, 2.75) is 65.3 Å². The Balaban J connectivity index is 1.83. The zero-order chi connectivity index (χ0) is 25.6. The van der Waals surface area contributed by atoms with Crippen LogP contribution in [0.5, 0.6) is 0 Å². The van der Waals surface area contributed by atoms with Crippen LogP contribution in [-0.2, 0) is 19.1 Å². The summed E-state index contributed by atoms with van der Waals surface area (Å²) in [6, 6.07) is 0.169. The number of esters is 1. The standard InChI is InChI=1S/C24H30O4/c1-14-12-21-19-7-6-17-13-18(27)8-10-22(17,4)20(19)9-11-23(21,5)24(14,15(2)25)28-16(3)26/h6-7,13,19-21H,1,8-12H2,2-5H3/t19-,20+,21+,22+,23+,24+/m1/s1/i3D3,6D,8D2. The van der Waals surface area contributed by atoms with E-state index in [0.717, 1.165) is 0 Å². The van der Waals surface area contributed by atoms with E-state index in [-0.39, 0.29) is 30.2 Å². The van der Waals surface area contributed by atoms with E-state index in [1.807, 2.05) is 13.8 Å².